The summed E-state index contributed by atoms with van der Waals surface area (Å²) in [5.74, 6) is 1.38. The molecular weight excluding hydrogens is 732 g/mol. The molecule has 2 saturated heterocycles. The second-order valence-electron chi connectivity index (χ2n) is 18.4. The Labute approximate surface area is 334 Å². The summed E-state index contributed by atoms with van der Waals surface area (Å²) in [5, 5.41) is 0.0157. The standard InChI is InChI=1S/C44H61ClN4O5S/c1-30(2)23-43(27-47-17-18-48-19-20-53-26-37(48)25-47)15-5-7-31(3)32(4)55(51,52)46-42(50)34-10-14-41-40(22-34)49(24-35-9-12-39(35)43)28-44(29-54-41)16-6-8-33-21-36(45)11-13-38(33)44/h5,10-11,13-15,21-22,30-32,35,37,39H,6-9,12,16-20,23-29H2,1-4H3,(H,46,50)/b15-5+/t31-,32+,35-,37-,39+,43-,44-/m0/s1. The first kappa shape index (κ1) is 39.2. The number of nitrogens with zero attached hydrogens (tertiary/aromatic N) is 3. The van der Waals surface area contributed by atoms with Gasteiger partial charge in [-0.1, -0.05) is 50.6 Å². The van der Waals surface area contributed by atoms with Crippen LogP contribution in [-0.2, 0) is 26.6 Å². The average molecular weight is 794 g/mol. The monoisotopic (exact) mass is 792 g/mol. The zero-order valence-electron chi connectivity index (χ0n) is 33.3. The van der Waals surface area contributed by atoms with Crippen molar-refractivity contribution in [2.24, 2.45) is 29.1 Å². The van der Waals surface area contributed by atoms with Gasteiger partial charge in [-0.2, -0.15) is 0 Å². The summed E-state index contributed by atoms with van der Waals surface area (Å²) in [4.78, 5) is 21.6. The quantitative estimate of drug-likeness (QED) is 0.334. The fraction of sp³-hybridized carbons (Fsp3) is 0.659. The third-order valence-electron chi connectivity index (χ3n) is 14.2. The molecule has 4 heterocycles. The Kier molecular flexibility index (Phi) is 11.1. The number of benzene rings is 2. The highest BCUT2D eigenvalue weighted by Gasteiger charge is 2.50. The maximum absolute atomic E-state index is 13.7. The number of aryl methyl sites for hydroxylation is 1. The molecule has 6 aliphatic rings. The molecule has 1 N–H and O–H groups in total. The molecule has 3 fully saturated rings. The normalized spacial score (nSPS) is 34.7. The Morgan fingerprint density at radius 2 is 1.91 bits per heavy atom. The summed E-state index contributed by atoms with van der Waals surface area (Å²) in [6.07, 6.45) is 11.9. The number of carbonyl (C=O) groups excluding carboxylic acids is 1. The van der Waals surface area contributed by atoms with Crippen molar-refractivity contribution in [1.29, 1.82) is 0 Å². The fourth-order valence-corrected chi connectivity index (χ4v) is 12.6. The van der Waals surface area contributed by atoms with Crippen molar-refractivity contribution >= 4 is 33.2 Å². The Morgan fingerprint density at radius 1 is 1.05 bits per heavy atom. The first-order chi connectivity index (χ1) is 26.3. The number of rotatable bonds is 4. The summed E-state index contributed by atoms with van der Waals surface area (Å²) in [7, 11) is -3.94. The minimum atomic E-state index is -3.94. The van der Waals surface area contributed by atoms with E-state index in [0.717, 1.165) is 108 Å². The third kappa shape index (κ3) is 7.84. The number of hydrogen-bond donors (Lipinski definition) is 1. The van der Waals surface area contributed by atoms with Crippen LogP contribution in [-0.4, -0.2) is 101 Å². The molecule has 11 heteroatoms. The van der Waals surface area contributed by atoms with Crippen molar-refractivity contribution < 1.29 is 22.7 Å². The molecule has 1 saturated carbocycles. The van der Waals surface area contributed by atoms with Gasteiger partial charge in [0, 0.05) is 73.3 Å². The van der Waals surface area contributed by atoms with Gasteiger partial charge in [0.2, 0.25) is 10.0 Å². The zero-order valence-corrected chi connectivity index (χ0v) is 34.8. The van der Waals surface area contributed by atoms with Crippen LogP contribution in [0.25, 0.3) is 0 Å². The second-order valence-corrected chi connectivity index (χ2v) is 20.8. The summed E-state index contributed by atoms with van der Waals surface area (Å²) in [5.41, 5.74) is 3.50. The van der Waals surface area contributed by atoms with Crippen molar-refractivity contribution in [2.45, 2.75) is 89.3 Å². The van der Waals surface area contributed by atoms with Crippen LogP contribution < -0.4 is 14.4 Å². The van der Waals surface area contributed by atoms with Crippen LogP contribution in [0.3, 0.4) is 0 Å². The molecule has 1 amide bonds. The number of hydrogen-bond acceptors (Lipinski definition) is 8. The summed E-state index contributed by atoms with van der Waals surface area (Å²) in [6, 6.07) is 12.3. The summed E-state index contributed by atoms with van der Waals surface area (Å²) in [6.45, 7) is 17.3. The van der Waals surface area contributed by atoms with E-state index in [2.05, 4.69) is 57.6 Å². The Morgan fingerprint density at radius 3 is 2.71 bits per heavy atom. The Hall–Kier alpha value is -2.63. The molecule has 2 aromatic rings. The average Bonchev–Trinajstić information content (AvgIpc) is 3.28. The van der Waals surface area contributed by atoms with Crippen LogP contribution in [0.5, 0.6) is 5.75 Å². The number of nitrogens with one attached hydrogen (secondary N) is 1. The number of allylic oxidation sites excluding steroid dienone is 1. The van der Waals surface area contributed by atoms with Crippen LogP contribution >= 0.6 is 11.6 Å². The van der Waals surface area contributed by atoms with Crippen LogP contribution in [0.2, 0.25) is 5.02 Å². The van der Waals surface area contributed by atoms with Gasteiger partial charge in [-0.25, -0.2) is 13.1 Å². The van der Waals surface area contributed by atoms with Crippen LogP contribution in [0, 0.1) is 29.1 Å². The van der Waals surface area contributed by atoms with Gasteiger partial charge < -0.3 is 14.4 Å². The molecule has 4 aliphatic heterocycles. The number of fused-ring (bicyclic) bond motifs is 5. The minimum absolute atomic E-state index is 0.0687. The molecule has 8 rings (SSSR count). The van der Waals surface area contributed by atoms with Gasteiger partial charge in [0.15, 0.2) is 0 Å². The predicted octanol–water partition coefficient (Wildman–Crippen LogP) is 6.93. The number of carbonyl (C=O) groups is 1. The maximum Gasteiger partial charge on any atom is 0.264 e. The first-order valence-electron chi connectivity index (χ1n) is 20.9. The zero-order chi connectivity index (χ0) is 38.5. The van der Waals surface area contributed by atoms with Gasteiger partial charge in [-0.3, -0.25) is 14.6 Å². The van der Waals surface area contributed by atoms with Crippen LogP contribution in [0.15, 0.2) is 48.6 Å². The lowest BCUT2D eigenvalue weighted by molar-refractivity contribution is -0.0616. The first-order valence-corrected chi connectivity index (χ1v) is 22.9. The lowest BCUT2D eigenvalue weighted by Crippen LogP contribution is -2.60. The van der Waals surface area contributed by atoms with E-state index in [1.54, 1.807) is 13.0 Å². The second kappa shape index (κ2) is 15.6. The van der Waals surface area contributed by atoms with E-state index >= 15 is 0 Å². The largest absolute Gasteiger partial charge is 0.490 e. The highest BCUT2D eigenvalue weighted by molar-refractivity contribution is 7.90. The van der Waals surface area contributed by atoms with Crippen LogP contribution in [0.1, 0.15) is 87.7 Å². The smallest absolute Gasteiger partial charge is 0.264 e. The lowest BCUT2D eigenvalue weighted by atomic mass is 9.56. The number of anilines is 1. The minimum Gasteiger partial charge on any atom is -0.490 e. The van der Waals surface area contributed by atoms with E-state index in [-0.39, 0.29) is 16.7 Å². The number of piperazine rings is 1. The highest BCUT2D eigenvalue weighted by Crippen LogP contribution is 2.53. The molecule has 300 valence electrons. The number of morpholine rings is 1. The summed E-state index contributed by atoms with van der Waals surface area (Å²) < 4.78 is 42.7. The van der Waals surface area contributed by atoms with Crippen LogP contribution in [0.4, 0.5) is 5.69 Å². The fourth-order valence-electron chi connectivity index (χ4n) is 11.1. The van der Waals surface area contributed by atoms with Gasteiger partial charge >= 0.3 is 0 Å². The van der Waals surface area contributed by atoms with Gasteiger partial charge in [0.1, 0.15) is 5.75 Å². The van der Waals surface area contributed by atoms with Gasteiger partial charge in [0.25, 0.3) is 5.91 Å². The molecule has 55 heavy (non-hydrogen) atoms. The van der Waals surface area contributed by atoms with Crippen molar-refractivity contribution in [2.75, 3.05) is 70.5 Å². The SMILES string of the molecule is CC(C)C[C@]1(CN2CCN3CCOC[C@@H]3C2)/C=C/C[C@H](C)[C@@H](C)S(=O)(=O)NC(=O)c2ccc3c(c2)N(C[C@@H]2CC[C@H]21)C[C@@]1(CCCc2cc(Cl)ccc21)CO3. The van der Waals surface area contributed by atoms with Crippen molar-refractivity contribution in [3.8, 4) is 5.75 Å². The highest BCUT2D eigenvalue weighted by atomic mass is 35.5. The molecular formula is C44H61ClN4O5S. The van der Waals surface area contributed by atoms with E-state index in [1.807, 2.05) is 25.1 Å². The molecule has 1 spiro atoms. The van der Waals surface area contributed by atoms with Gasteiger partial charge in [0.05, 0.1) is 30.8 Å². The molecule has 0 unspecified atom stereocenters. The molecule has 2 bridgehead atoms. The molecule has 0 aromatic heterocycles. The molecule has 7 atom stereocenters. The van der Waals surface area contributed by atoms with Crippen molar-refractivity contribution in [3.05, 3.63) is 70.3 Å². The number of amides is 1. The van der Waals surface area contributed by atoms with E-state index in [0.29, 0.717) is 42.4 Å². The van der Waals surface area contributed by atoms with E-state index in [4.69, 9.17) is 21.1 Å². The molecule has 2 aromatic carbocycles. The van der Waals surface area contributed by atoms with Gasteiger partial charge in [-0.05, 0) is 117 Å². The number of ether oxygens (including phenoxy) is 2. The number of halogens is 1. The third-order valence-corrected chi connectivity index (χ3v) is 16.4. The predicted molar refractivity (Wildman–Crippen MR) is 220 cm³/mol. The van der Waals surface area contributed by atoms with Gasteiger partial charge in [-0.15, -0.1) is 0 Å². The topological polar surface area (TPSA) is 91.4 Å². The van der Waals surface area contributed by atoms with E-state index in [9.17, 15) is 13.2 Å². The Bertz CT molecular complexity index is 1890. The lowest BCUT2D eigenvalue weighted by Gasteiger charge is -2.54. The van der Waals surface area contributed by atoms with Crippen molar-refractivity contribution in [1.82, 2.24) is 14.5 Å². The molecule has 2 aliphatic carbocycles. The van der Waals surface area contributed by atoms with E-state index in [1.165, 1.54) is 17.5 Å². The summed E-state index contributed by atoms with van der Waals surface area (Å²) >= 11 is 6.54. The number of sulfonamides is 1. The molecule has 9 nitrogen and oxygen atoms in total. The van der Waals surface area contributed by atoms with E-state index < -0.39 is 21.2 Å². The molecule has 0 radical (unpaired) electrons. The maximum atomic E-state index is 13.7. The Balaban J connectivity index is 1.21. The van der Waals surface area contributed by atoms with Crippen molar-refractivity contribution in [3.63, 3.8) is 0 Å².